The van der Waals surface area contributed by atoms with Crippen LogP contribution in [0.2, 0.25) is 0 Å². The maximum absolute atomic E-state index is 10.1. The van der Waals surface area contributed by atoms with Gasteiger partial charge in [0.15, 0.2) is 18.1 Å². The second-order valence-electron chi connectivity index (χ2n) is 4.99. The van der Waals surface area contributed by atoms with Crippen LogP contribution < -0.4 is 4.57 Å². The fourth-order valence-electron chi connectivity index (χ4n) is 2.21. The van der Waals surface area contributed by atoms with E-state index in [-0.39, 0.29) is 5.75 Å². The van der Waals surface area contributed by atoms with Crippen molar-refractivity contribution in [3.05, 3.63) is 77.0 Å². The highest BCUT2D eigenvalue weighted by Gasteiger charge is 2.13. The van der Waals surface area contributed by atoms with Crippen molar-refractivity contribution in [3.63, 3.8) is 0 Å². The molecule has 0 fully saturated rings. The molecule has 0 atom stereocenters. The first kappa shape index (κ1) is 13.8. The van der Waals surface area contributed by atoms with Gasteiger partial charge in [-0.3, -0.25) is 0 Å². The molecule has 0 spiro atoms. The van der Waals surface area contributed by atoms with E-state index in [2.05, 4.69) is 28.1 Å². The van der Waals surface area contributed by atoms with Crippen LogP contribution in [0.25, 0.3) is 16.8 Å². The summed E-state index contributed by atoms with van der Waals surface area (Å²) in [5.74, 6) is 0.268. The van der Waals surface area contributed by atoms with Crippen LogP contribution >= 0.6 is 15.9 Å². The SMILES string of the molecule is Cc1cc[n+](-c2cc(-c3ccc(Br)cc3)ccc2O)cc1. The molecule has 2 nitrogen and oxygen atoms in total. The van der Waals surface area contributed by atoms with Crippen LogP contribution in [0.4, 0.5) is 0 Å². The van der Waals surface area contributed by atoms with Gasteiger partial charge in [-0.15, -0.1) is 0 Å². The Morgan fingerprint density at radius 1 is 0.857 bits per heavy atom. The second kappa shape index (κ2) is 5.70. The van der Waals surface area contributed by atoms with Gasteiger partial charge in [0, 0.05) is 22.7 Å². The number of aromatic hydroxyl groups is 1. The Kier molecular flexibility index (Phi) is 3.76. The lowest BCUT2D eigenvalue weighted by atomic mass is 10.0. The predicted octanol–water partition coefficient (Wildman–Crippen LogP) is 4.41. The number of pyridine rings is 1. The first-order valence-electron chi connectivity index (χ1n) is 6.71. The minimum Gasteiger partial charge on any atom is -0.502 e. The number of aromatic nitrogens is 1. The van der Waals surface area contributed by atoms with Crippen molar-refractivity contribution in [2.24, 2.45) is 0 Å². The van der Waals surface area contributed by atoms with E-state index in [1.807, 2.05) is 60.3 Å². The molecule has 1 heterocycles. The molecule has 0 aliphatic rings. The first-order valence-corrected chi connectivity index (χ1v) is 7.50. The lowest BCUT2D eigenvalue weighted by Gasteiger charge is -2.05. The zero-order valence-electron chi connectivity index (χ0n) is 11.6. The summed E-state index contributed by atoms with van der Waals surface area (Å²) >= 11 is 3.44. The van der Waals surface area contributed by atoms with Gasteiger partial charge in [0.1, 0.15) is 0 Å². The number of phenolic OH excluding ortho intramolecular Hbond substituents is 1. The molecule has 0 saturated heterocycles. The minimum atomic E-state index is 0.268. The number of hydrogen-bond donors (Lipinski definition) is 1. The molecule has 0 aliphatic heterocycles. The quantitative estimate of drug-likeness (QED) is 0.686. The molecular weight excluding hydrogens is 326 g/mol. The van der Waals surface area contributed by atoms with Crippen molar-refractivity contribution in [2.75, 3.05) is 0 Å². The van der Waals surface area contributed by atoms with E-state index in [0.717, 1.165) is 21.3 Å². The molecule has 104 valence electrons. The van der Waals surface area contributed by atoms with E-state index in [1.54, 1.807) is 6.07 Å². The molecule has 3 aromatic rings. The third-order valence-corrected chi connectivity index (χ3v) is 3.96. The van der Waals surface area contributed by atoms with Gasteiger partial charge in [0.25, 0.3) is 5.69 Å². The van der Waals surface area contributed by atoms with E-state index in [1.165, 1.54) is 5.56 Å². The lowest BCUT2D eigenvalue weighted by molar-refractivity contribution is -0.596. The fourth-order valence-corrected chi connectivity index (χ4v) is 2.48. The van der Waals surface area contributed by atoms with Crippen molar-refractivity contribution in [1.29, 1.82) is 0 Å². The van der Waals surface area contributed by atoms with E-state index < -0.39 is 0 Å². The van der Waals surface area contributed by atoms with E-state index in [4.69, 9.17) is 0 Å². The van der Waals surface area contributed by atoms with E-state index in [9.17, 15) is 5.11 Å². The normalized spacial score (nSPS) is 10.6. The summed E-state index contributed by atoms with van der Waals surface area (Å²) in [6.07, 6.45) is 3.91. The fraction of sp³-hybridized carbons (Fsp3) is 0.0556. The highest BCUT2D eigenvalue weighted by Crippen LogP contribution is 2.27. The molecule has 1 aromatic heterocycles. The third-order valence-electron chi connectivity index (χ3n) is 3.43. The molecule has 0 radical (unpaired) electrons. The summed E-state index contributed by atoms with van der Waals surface area (Å²) in [5, 5.41) is 10.1. The van der Waals surface area contributed by atoms with Crippen LogP contribution in [-0.4, -0.2) is 5.11 Å². The topological polar surface area (TPSA) is 24.1 Å². The van der Waals surface area contributed by atoms with Gasteiger partial charge in [-0.05, 0) is 41.8 Å². The van der Waals surface area contributed by atoms with Crippen LogP contribution in [-0.2, 0) is 0 Å². The average Bonchev–Trinajstić information content (AvgIpc) is 2.50. The highest BCUT2D eigenvalue weighted by atomic mass is 79.9. The number of nitrogens with zero attached hydrogens (tertiary/aromatic N) is 1. The molecule has 0 aliphatic carbocycles. The summed E-state index contributed by atoms with van der Waals surface area (Å²) in [7, 11) is 0. The summed E-state index contributed by atoms with van der Waals surface area (Å²) in [4.78, 5) is 0. The third kappa shape index (κ3) is 2.98. The van der Waals surface area contributed by atoms with Crippen LogP contribution in [0.1, 0.15) is 5.56 Å². The number of rotatable bonds is 2. The van der Waals surface area contributed by atoms with Gasteiger partial charge in [-0.25, -0.2) is 0 Å². The van der Waals surface area contributed by atoms with Gasteiger partial charge in [0.05, 0.1) is 0 Å². The van der Waals surface area contributed by atoms with Crippen LogP contribution in [0.15, 0.2) is 71.5 Å². The Morgan fingerprint density at radius 3 is 2.14 bits per heavy atom. The molecule has 3 heteroatoms. The lowest BCUT2D eigenvalue weighted by Crippen LogP contribution is -2.29. The van der Waals surface area contributed by atoms with Gasteiger partial charge in [-0.2, -0.15) is 4.57 Å². The Morgan fingerprint density at radius 2 is 1.48 bits per heavy atom. The van der Waals surface area contributed by atoms with Crippen molar-refractivity contribution in [1.82, 2.24) is 0 Å². The Balaban J connectivity index is 2.07. The van der Waals surface area contributed by atoms with Crippen LogP contribution in [0, 0.1) is 6.92 Å². The van der Waals surface area contributed by atoms with Crippen molar-refractivity contribution >= 4 is 15.9 Å². The van der Waals surface area contributed by atoms with E-state index >= 15 is 0 Å². The van der Waals surface area contributed by atoms with Crippen molar-refractivity contribution < 1.29 is 9.67 Å². The molecule has 21 heavy (non-hydrogen) atoms. The maximum atomic E-state index is 10.1. The monoisotopic (exact) mass is 340 g/mol. The zero-order chi connectivity index (χ0) is 14.8. The van der Waals surface area contributed by atoms with E-state index in [0.29, 0.717) is 0 Å². The Hall–Kier alpha value is -2.13. The molecule has 3 rings (SSSR count). The van der Waals surface area contributed by atoms with Gasteiger partial charge in [-0.1, -0.05) is 34.1 Å². The Labute approximate surface area is 132 Å². The predicted molar refractivity (Wildman–Crippen MR) is 87.5 cm³/mol. The number of phenols is 1. The molecular formula is C18H15BrNO+. The molecule has 0 unspecified atom stereocenters. The number of hydrogen-bond acceptors (Lipinski definition) is 1. The standard InChI is InChI=1S/C18H14BrNO/c1-13-8-10-20(11-9-13)17-12-15(4-7-18(17)21)14-2-5-16(19)6-3-14/h2-12H,1H3/p+1. The van der Waals surface area contributed by atoms with Crippen LogP contribution in [0.3, 0.4) is 0 Å². The average molecular weight is 341 g/mol. The summed E-state index contributed by atoms with van der Waals surface area (Å²) in [5.41, 5.74) is 4.15. The molecule has 0 saturated carbocycles. The summed E-state index contributed by atoms with van der Waals surface area (Å²) in [6.45, 7) is 2.04. The molecule has 0 amide bonds. The first-order chi connectivity index (χ1) is 10.1. The highest BCUT2D eigenvalue weighted by molar-refractivity contribution is 9.10. The number of aryl methyl sites for hydroxylation is 1. The van der Waals surface area contributed by atoms with Crippen molar-refractivity contribution in [3.8, 4) is 22.6 Å². The largest absolute Gasteiger partial charge is 0.502 e. The Bertz CT molecular complexity index is 764. The number of halogens is 1. The zero-order valence-corrected chi connectivity index (χ0v) is 13.2. The van der Waals surface area contributed by atoms with Gasteiger partial charge >= 0.3 is 0 Å². The van der Waals surface area contributed by atoms with Crippen LogP contribution in [0.5, 0.6) is 5.75 Å². The van der Waals surface area contributed by atoms with Crippen molar-refractivity contribution in [2.45, 2.75) is 6.92 Å². The smallest absolute Gasteiger partial charge is 0.253 e. The number of benzene rings is 2. The minimum absolute atomic E-state index is 0.268. The second-order valence-corrected chi connectivity index (χ2v) is 5.91. The molecule has 1 N–H and O–H groups in total. The van der Waals surface area contributed by atoms with Gasteiger partial charge < -0.3 is 5.11 Å². The van der Waals surface area contributed by atoms with Gasteiger partial charge in [0.2, 0.25) is 0 Å². The summed E-state index contributed by atoms with van der Waals surface area (Å²) in [6, 6.07) is 17.8. The molecule has 0 bridgehead atoms. The maximum Gasteiger partial charge on any atom is 0.253 e. The summed E-state index contributed by atoms with van der Waals surface area (Å²) < 4.78 is 2.98. The molecule has 2 aromatic carbocycles.